The number of hydrogen-bond donors (Lipinski definition) is 2. The van der Waals surface area contributed by atoms with E-state index >= 15 is 0 Å². The molecule has 0 aliphatic carbocycles. The van der Waals surface area contributed by atoms with E-state index in [1.54, 1.807) is 19.2 Å². The molecule has 2 N–H and O–H groups in total. The first-order chi connectivity index (χ1) is 13.9. The van der Waals surface area contributed by atoms with Crippen LogP contribution in [0.4, 0.5) is 13.2 Å². The van der Waals surface area contributed by atoms with E-state index < -0.39 is 12.8 Å². The predicted octanol–water partition coefficient (Wildman–Crippen LogP) is 3.41. The molecule has 0 fully saturated rings. The minimum atomic E-state index is -4.33. The predicted molar refractivity (Wildman–Crippen MR) is 109 cm³/mol. The maximum absolute atomic E-state index is 12.2. The maximum Gasteiger partial charge on any atom is 0.422 e. The zero-order valence-corrected chi connectivity index (χ0v) is 17.1. The SMILES string of the molecule is CN=C(NCCN1CCc2sccc2C1)NCc1ccc(OCC(F)(F)F)cc1. The molecule has 0 atom stereocenters. The Labute approximate surface area is 172 Å². The summed E-state index contributed by atoms with van der Waals surface area (Å²) in [5.41, 5.74) is 2.36. The smallest absolute Gasteiger partial charge is 0.422 e. The highest BCUT2D eigenvalue weighted by Crippen LogP contribution is 2.23. The number of hydrogen-bond acceptors (Lipinski definition) is 4. The van der Waals surface area contributed by atoms with E-state index in [0.717, 1.165) is 38.2 Å². The molecule has 158 valence electrons. The fourth-order valence-corrected chi connectivity index (χ4v) is 3.99. The van der Waals surface area contributed by atoms with Gasteiger partial charge in [-0.1, -0.05) is 12.1 Å². The van der Waals surface area contributed by atoms with Gasteiger partial charge in [0.05, 0.1) is 0 Å². The van der Waals surface area contributed by atoms with Crippen molar-refractivity contribution in [1.29, 1.82) is 0 Å². The van der Waals surface area contributed by atoms with Crippen LogP contribution in [-0.4, -0.2) is 50.3 Å². The second-order valence-corrected chi connectivity index (χ2v) is 7.80. The van der Waals surface area contributed by atoms with E-state index in [1.807, 2.05) is 11.3 Å². The number of thiophene rings is 1. The number of guanidine groups is 1. The molecule has 0 spiro atoms. The minimum absolute atomic E-state index is 0.198. The summed E-state index contributed by atoms with van der Waals surface area (Å²) in [7, 11) is 1.71. The zero-order valence-electron chi connectivity index (χ0n) is 16.3. The number of benzene rings is 1. The van der Waals surface area contributed by atoms with E-state index in [2.05, 4.69) is 32.0 Å². The van der Waals surface area contributed by atoms with Crippen molar-refractivity contribution >= 4 is 17.3 Å². The summed E-state index contributed by atoms with van der Waals surface area (Å²) in [5, 5.41) is 8.67. The van der Waals surface area contributed by atoms with Gasteiger partial charge < -0.3 is 15.4 Å². The normalized spacial score (nSPS) is 15.1. The van der Waals surface area contributed by atoms with Gasteiger partial charge in [-0.2, -0.15) is 13.2 Å². The van der Waals surface area contributed by atoms with Crippen molar-refractivity contribution in [2.45, 2.75) is 25.7 Å². The molecule has 0 radical (unpaired) electrons. The molecule has 3 rings (SSSR count). The van der Waals surface area contributed by atoms with E-state index in [9.17, 15) is 13.2 Å². The Morgan fingerprint density at radius 1 is 1.21 bits per heavy atom. The van der Waals surface area contributed by atoms with Gasteiger partial charge in [0.25, 0.3) is 0 Å². The van der Waals surface area contributed by atoms with Gasteiger partial charge in [0.2, 0.25) is 0 Å². The highest BCUT2D eigenvalue weighted by Gasteiger charge is 2.28. The van der Waals surface area contributed by atoms with Gasteiger partial charge in [-0.3, -0.25) is 9.89 Å². The third-order valence-electron chi connectivity index (χ3n) is 4.62. The lowest BCUT2D eigenvalue weighted by atomic mass is 10.1. The second-order valence-electron chi connectivity index (χ2n) is 6.80. The molecule has 1 aromatic carbocycles. The van der Waals surface area contributed by atoms with Crippen molar-refractivity contribution in [3.8, 4) is 5.75 Å². The molecule has 0 saturated heterocycles. The van der Waals surface area contributed by atoms with Gasteiger partial charge in [0.1, 0.15) is 5.75 Å². The zero-order chi connectivity index (χ0) is 20.7. The van der Waals surface area contributed by atoms with Crippen molar-refractivity contribution in [1.82, 2.24) is 15.5 Å². The molecular formula is C20H25F3N4OS. The third-order valence-corrected chi connectivity index (χ3v) is 5.64. The number of nitrogens with zero attached hydrogens (tertiary/aromatic N) is 2. The largest absolute Gasteiger partial charge is 0.484 e. The van der Waals surface area contributed by atoms with Gasteiger partial charge >= 0.3 is 6.18 Å². The fraction of sp³-hybridized carbons (Fsp3) is 0.450. The van der Waals surface area contributed by atoms with Crippen LogP contribution in [0.15, 0.2) is 40.7 Å². The number of nitrogens with one attached hydrogen (secondary N) is 2. The fourth-order valence-electron chi connectivity index (χ4n) is 3.11. The first-order valence-corrected chi connectivity index (χ1v) is 10.3. The van der Waals surface area contributed by atoms with Crippen molar-refractivity contribution in [2.24, 2.45) is 4.99 Å². The Balaban J connectivity index is 1.37. The highest BCUT2D eigenvalue weighted by molar-refractivity contribution is 7.10. The molecule has 1 aromatic heterocycles. The average Bonchev–Trinajstić information content (AvgIpc) is 3.17. The first-order valence-electron chi connectivity index (χ1n) is 9.43. The Hall–Kier alpha value is -2.26. The standard InChI is InChI=1S/C20H25F3N4OS/c1-24-19(25-8-10-27-9-6-18-16(13-27)7-11-29-18)26-12-15-2-4-17(5-3-15)28-14-20(21,22)23/h2-5,7,11H,6,8-10,12-14H2,1H3,(H2,24,25,26). The van der Waals surface area contributed by atoms with Gasteiger partial charge in [-0.05, 0) is 41.1 Å². The van der Waals surface area contributed by atoms with Gasteiger partial charge in [0.15, 0.2) is 12.6 Å². The number of fused-ring (bicyclic) bond motifs is 1. The van der Waals surface area contributed by atoms with E-state index in [0.29, 0.717) is 12.5 Å². The van der Waals surface area contributed by atoms with Gasteiger partial charge in [0, 0.05) is 44.6 Å². The van der Waals surface area contributed by atoms with Crippen molar-refractivity contribution in [3.63, 3.8) is 0 Å². The van der Waals surface area contributed by atoms with Crippen LogP contribution in [0.2, 0.25) is 0 Å². The van der Waals surface area contributed by atoms with Crippen molar-refractivity contribution in [2.75, 3.05) is 33.3 Å². The molecule has 9 heteroatoms. The van der Waals surface area contributed by atoms with Crippen LogP contribution < -0.4 is 15.4 Å². The summed E-state index contributed by atoms with van der Waals surface area (Å²) < 4.78 is 41.3. The maximum atomic E-state index is 12.2. The molecule has 5 nitrogen and oxygen atoms in total. The van der Waals surface area contributed by atoms with Crippen LogP contribution in [0.25, 0.3) is 0 Å². The molecule has 2 aromatic rings. The molecule has 0 unspecified atom stereocenters. The molecular weight excluding hydrogens is 401 g/mol. The number of alkyl halides is 3. The third kappa shape index (κ3) is 6.93. The lowest BCUT2D eigenvalue weighted by molar-refractivity contribution is -0.153. The molecule has 29 heavy (non-hydrogen) atoms. The lowest BCUT2D eigenvalue weighted by Gasteiger charge is -2.27. The second kappa shape index (κ2) is 9.98. The Kier molecular flexibility index (Phi) is 7.38. The Morgan fingerprint density at radius 2 is 2.00 bits per heavy atom. The molecule has 1 aliphatic heterocycles. The topological polar surface area (TPSA) is 48.9 Å². The number of rotatable bonds is 7. The number of halogens is 3. The van der Waals surface area contributed by atoms with Crippen LogP contribution in [0.5, 0.6) is 5.75 Å². The van der Waals surface area contributed by atoms with Crippen LogP contribution >= 0.6 is 11.3 Å². The average molecular weight is 427 g/mol. The molecule has 2 heterocycles. The minimum Gasteiger partial charge on any atom is -0.484 e. The van der Waals surface area contributed by atoms with Crippen LogP contribution in [-0.2, 0) is 19.5 Å². The quantitative estimate of drug-likeness (QED) is 0.526. The van der Waals surface area contributed by atoms with Crippen molar-refractivity contribution < 1.29 is 17.9 Å². The van der Waals surface area contributed by atoms with Gasteiger partial charge in [-0.15, -0.1) is 11.3 Å². The lowest BCUT2D eigenvalue weighted by Crippen LogP contribution is -2.42. The summed E-state index contributed by atoms with van der Waals surface area (Å²) >= 11 is 1.84. The summed E-state index contributed by atoms with van der Waals surface area (Å²) in [4.78, 5) is 8.14. The summed E-state index contributed by atoms with van der Waals surface area (Å²) in [5.74, 6) is 0.888. The Morgan fingerprint density at radius 3 is 2.72 bits per heavy atom. The van der Waals surface area contributed by atoms with Gasteiger partial charge in [-0.25, -0.2) is 0 Å². The van der Waals surface area contributed by atoms with Crippen molar-refractivity contribution in [3.05, 3.63) is 51.7 Å². The molecule has 1 aliphatic rings. The van der Waals surface area contributed by atoms with E-state index in [4.69, 9.17) is 4.74 Å². The first kappa shape index (κ1) is 21.4. The summed E-state index contributed by atoms with van der Waals surface area (Å²) in [6.07, 6.45) is -3.22. The highest BCUT2D eigenvalue weighted by atomic mass is 32.1. The van der Waals surface area contributed by atoms with Crippen LogP contribution in [0.3, 0.4) is 0 Å². The van der Waals surface area contributed by atoms with Crippen LogP contribution in [0, 0.1) is 0 Å². The van der Waals surface area contributed by atoms with E-state index in [1.165, 1.54) is 22.6 Å². The molecule has 0 amide bonds. The monoisotopic (exact) mass is 426 g/mol. The van der Waals surface area contributed by atoms with Crippen LogP contribution in [0.1, 0.15) is 16.0 Å². The number of aliphatic imine (C=N–C) groups is 1. The van der Waals surface area contributed by atoms with E-state index in [-0.39, 0.29) is 5.75 Å². The number of ether oxygens (including phenoxy) is 1. The Bertz CT molecular complexity index is 805. The molecule has 0 bridgehead atoms. The summed E-state index contributed by atoms with van der Waals surface area (Å²) in [6, 6.07) is 8.75. The summed E-state index contributed by atoms with van der Waals surface area (Å²) in [6.45, 7) is 3.01. The molecule has 0 saturated carbocycles.